The zero-order valence-corrected chi connectivity index (χ0v) is 14.1. The van der Waals surface area contributed by atoms with Gasteiger partial charge in [0.25, 0.3) is 5.82 Å². The second-order valence-electron chi connectivity index (χ2n) is 5.66. The fourth-order valence-corrected chi connectivity index (χ4v) is 2.52. The Hall–Kier alpha value is -3.28. The first-order chi connectivity index (χ1) is 12.1. The van der Waals surface area contributed by atoms with E-state index < -0.39 is 0 Å². The number of hydrogen-bond acceptors (Lipinski definition) is 4. The highest BCUT2D eigenvalue weighted by atomic mass is 16.3. The maximum Gasteiger partial charge on any atom is 0.301 e. The average Bonchev–Trinajstić information content (AvgIpc) is 2.88. The zero-order valence-electron chi connectivity index (χ0n) is 14.1. The second-order valence-corrected chi connectivity index (χ2v) is 5.66. The first kappa shape index (κ1) is 16.6. The number of hydrogen-bond donors (Lipinski definition) is 1. The molecular weight excluding hydrogens is 316 g/mol. The molecular formula is C19H19N4O2+. The lowest BCUT2D eigenvalue weighted by Crippen LogP contribution is -2.42. The number of aromatic hydroxyl groups is 1. The molecule has 0 saturated carbocycles. The lowest BCUT2D eigenvalue weighted by Gasteiger charge is -1.98. The predicted molar refractivity (Wildman–Crippen MR) is 93.8 cm³/mol. The number of carbonyl (C=O) groups is 1. The summed E-state index contributed by atoms with van der Waals surface area (Å²) >= 11 is 0. The van der Waals surface area contributed by atoms with Crippen LogP contribution in [0, 0.1) is 13.8 Å². The fourth-order valence-electron chi connectivity index (χ4n) is 2.52. The van der Waals surface area contributed by atoms with Gasteiger partial charge in [0, 0.05) is 25.0 Å². The molecule has 6 nitrogen and oxygen atoms in total. The number of rotatable bonds is 5. The fraction of sp³-hybridized carbons (Fsp3) is 0.158. The van der Waals surface area contributed by atoms with Crippen LogP contribution in [0.4, 0.5) is 0 Å². The van der Waals surface area contributed by atoms with Crippen molar-refractivity contribution in [3.05, 3.63) is 77.4 Å². The van der Waals surface area contributed by atoms with E-state index in [2.05, 4.69) is 10.2 Å². The SMILES string of the molecule is Cc1n[n+](CC(=O)c2ccccc2)c(C)n1/N=C\c1ccccc1O. The molecule has 2 aromatic carbocycles. The van der Waals surface area contributed by atoms with Gasteiger partial charge >= 0.3 is 5.82 Å². The summed E-state index contributed by atoms with van der Waals surface area (Å²) in [4.78, 5) is 12.4. The van der Waals surface area contributed by atoms with Crippen molar-refractivity contribution in [1.29, 1.82) is 0 Å². The molecule has 0 unspecified atom stereocenters. The number of nitrogens with zero attached hydrogens (tertiary/aromatic N) is 4. The van der Waals surface area contributed by atoms with Crippen LogP contribution in [0.3, 0.4) is 0 Å². The van der Waals surface area contributed by atoms with Gasteiger partial charge in [-0.2, -0.15) is 0 Å². The van der Waals surface area contributed by atoms with Gasteiger partial charge in [-0.15, -0.1) is 4.68 Å². The molecule has 1 heterocycles. The molecule has 0 aliphatic carbocycles. The summed E-state index contributed by atoms with van der Waals surface area (Å²) in [5, 5.41) is 18.6. The number of phenolic OH excluding ortho intramolecular Hbond substituents is 1. The van der Waals surface area contributed by atoms with Crippen LogP contribution in [-0.2, 0) is 6.54 Å². The molecule has 3 rings (SSSR count). The van der Waals surface area contributed by atoms with Gasteiger partial charge in [0.15, 0.2) is 6.54 Å². The lowest BCUT2D eigenvalue weighted by molar-refractivity contribution is -0.745. The first-order valence-corrected chi connectivity index (χ1v) is 7.93. The quantitative estimate of drug-likeness (QED) is 0.442. The van der Waals surface area contributed by atoms with Gasteiger partial charge in [0.05, 0.1) is 6.21 Å². The summed E-state index contributed by atoms with van der Waals surface area (Å²) in [5.74, 6) is 1.54. The number of Topliss-reactive ketones (excluding diaryl/α,β-unsaturated/α-hetero) is 1. The minimum atomic E-state index is -0.0111. The van der Waals surface area contributed by atoms with Gasteiger partial charge < -0.3 is 5.11 Å². The van der Waals surface area contributed by atoms with Crippen molar-refractivity contribution in [2.45, 2.75) is 20.4 Å². The summed E-state index contributed by atoms with van der Waals surface area (Å²) in [6.45, 7) is 3.81. The van der Waals surface area contributed by atoms with Crippen LogP contribution in [0.1, 0.15) is 27.6 Å². The van der Waals surface area contributed by atoms with Crippen LogP contribution in [-0.4, -0.2) is 26.9 Å². The second kappa shape index (κ2) is 7.09. The van der Waals surface area contributed by atoms with E-state index in [0.717, 1.165) is 5.82 Å². The van der Waals surface area contributed by atoms with Crippen molar-refractivity contribution in [2.75, 3.05) is 0 Å². The zero-order chi connectivity index (χ0) is 17.8. The molecule has 0 aliphatic heterocycles. The summed E-state index contributed by atoms with van der Waals surface area (Å²) in [6, 6.07) is 16.1. The highest BCUT2D eigenvalue weighted by Crippen LogP contribution is 2.13. The number of aromatic nitrogens is 3. The normalized spacial score (nSPS) is 11.1. The van der Waals surface area contributed by atoms with Crippen molar-refractivity contribution in [1.82, 2.24) is 9.77 Å². The van der Waals surface area contributed by atoms with Crippen LogP contribution in [0.5, 0.6) is 5.75 Å². The monoisotopic (exact) mass is 335 g/mol. The molecule has 0 amide bonds. The molecule has 1 aromatic heterocycles. The Labute approximate surface area is 145 Å². The molecule has 6 heteroatoms. The molecule has 0 fully saturated rings. The van der Waals surface area contributed by atoms with Crippen molar-refractivity contribution in [3.8, 4) is 5.75 Å². The number of para-hydroxylation sites is 1. The van der Waals surface area contributed by atoms with Gasteiger partial charge in [-0.3, -0.25) is 4.79 Å². The first-order valence-electron chi connectivity index (χ1n) is 7.93. The standard InChI is InChI=1S/C19H18N4O2/c1-14-21-22(13-19(25)16-8-4-3-5-9-16)15(2)23(14)20-12-17-10-6-7-11-18(17)24/h3-12H,13H2,1-2H3/p+1. The van der Waals surface area contributed by atoms with Crippen molar-refractivity contribution >= 4 is 12.0 Å². The van der Waals surface area contributed by atoms with Gasteiger partial charge in [-0.05, 0) is 17.2 Å². The molecule has 0 aliphatic rings. The molecule has 0 radical (unpaired) electrons. The number of ketones is 1. The highest BCUT2D eigenvalue weighted by Gasteiger charge is 2.21. The number of carbonyl (C=O) groups excluding carboxylic acids is 1. The molecule has 0 atom stereocenters. The Bertz CT molecular complexity index is 930. The molecule has 25 heavy (non-hydrogen) atoms. The van der Waals surface area contributed by atoms with E-state index in [9.17, 15) is 9.90 Å². The van der Waals surface area contributed by atoms with Crippen molar-refractivity contribution in [3.63, 3.8) is 0 Å². The lowest BCUT2D eigenvalue weighted by atomic mass is 10.1. The van der Waals surface area contributed by atoms with Crippen molar-refractivity contribution < 1.29 is 14.6 Å². The van der Waals surface area contributed by atoms with Gasteiger partial charge in [-0.1, -0.05) is 52.2 Å². The maximum absolute atomic E-state index is 12.4. The third kappa shape index (κ3) is 3.63. The molecule has 1 N–H and O–H groups in total. The number of aryl methyl sites for hydroxylation is 1. The van der Waals surface area contributed by atoms with Gasteiger partial charge in [0.2, 0.25) is 5.78 Å². The third-order valence-electron chi connectivity index (χ3n) is 3.89. The van der Waals surface area contributed by atoms with Crippen LogP contribution < -0.4 is 4.68 Å². The summed E-state index contributed by atoms with van der Waals surface area (Å²) in [5.41, 5.74) is 1.27. The largest absolute Gasteiger partial charge is 0.507 e. The van der Waals surface area contributed by atoms with Crippen LogP contribution in [0.2, 0.25) is 0 Å². The Morgan fingerprint density at radius 1 is 1.16 bits per heavy atom. The Balaban J connectivity index is 1.84. The third-order valence-corrected chi connectivity index (χ3v) is 3.89. The number of benzene rings is 2. The van der Waals surface area contributed by atoms with E-state index in [1.165, 1.54) is 0 Å². The Kier molecular flexibility index (Phi) is 4.70. The minimum Gasteiger partial charge on any atom is -0.507 e. The van der Waals surface area contributed by atoms with E-state index in [1.807, 2.05) is 38.1 Å². The Morgan fingerprint density at radius 2 is 1.84 bits per heavy atom. The molecule has 0 bridgehead atoms. The van der Waals surface area contributed by atoms with Crippen LogP contribution in [0.15, 0.2) is 59.7 Å². The van der Waals surface area contributed by atoms with Crippen molar-refractivity contribution in [2.24, 2.45) is 5.10 Å². The summed E-state index contributed by atoms with van der Waals surface area (Å²) in [7, 11) is 0. The smallest absolute Gasteiger partial charge is 0.301 e. The highest BCUT2D eigenvalue weighted by molar-refractivity contribution is 5.94. The van der Waals surface area contributed by atoms with Crippen LogP contribution >= 0.6 is 0 Å². The molecule has 126 valence electrons. The van der Waals surface area contributed by atoms with E-state index in [1.54, 1.807) is 45.9 Å². The van der Waals surface area contributed by atoms with Gasteiger partial charge in [-0.25, -0.2) is 0 Å². The van der Waals surface area contributed by atoms with E-state index in [0.29, 0.717) is 17.0 Å². The maximum atomic E-state index is 12.4. The van der Waals surface area contributed by atoms with E-state index >= 15 is 0 Å². The topological polar surface area (TPSA) is 71.4 Å². The Morgan fingerprint density at radius 3 is 2.56 bits per heavy atom. The number of phenols is 1. The summed E-state index contributed by atoms with van der Waals surface area (Å²) in [6.07, 6.45) is 1.57. The molecule has 0 spiro atoms. The summed E-state index contributed by atoms with van der Waals surface area (Å²) < 4.78 is 3.28. The average molecular weight is 335 g/mol. The van der Waals surface area contributed by atoms with Crippen LogP contribution in [0.25, 0.3) is 0 Å². The molecule has 0 saturated heterocycles. The minimum absolute atomic E-state index is 0.0111. The van der Waals surface area contributed by atoms with E-state index in [-0.39, 0.29) is 18.1 Å². The van der Waals surface area contributed by atoms with E-state index in [4.69, 9.17) is 0 Å². The predicted octanol–water partition coefficient (Wildman–Crippen LogP) is 2.26. The molecule has 3 aromatic rings. The van der Waals surface area contributed by atoms with Gasteiger partial charge in [0.1, 0.15) is 5.75 Å².